The minimum atomic E-state index is -0.675. The van der Waals surface area contributed by atoms with Crippen LogP contribution in [-0.4, -0.2) is 28.7 Å². The van der Waals surface area contributed by atoms with Gasteiger partial charge in [0, 0.05) is 11.3 Å². The number of carbonyl (C=O) groups is 2. The van der Waals surface area contributed by atoms with Crippen molar-refractivity contribution in [1.29, 1.82) is 0 Å². The van der Waals surface area contributed by atoms with E-state index < -0.39 is 6.04 Å². The highest BCUT2D eigenvalue weighted by Crippen LogP contribution is 2.36. The van der Waals surface area contributed by atoms with Crippen molar-refractivity contribution in [2.24, 2.45) is 0 Å². The van der Waals surface area contributed by atoms with Crippen LogP contribution in [0.2, 0.25) is 0 Å². The highest BCUT2D eigenvalue weighted by atomic mass is 16.5. The Bertz CT molecular complexity index is 1060. The maximum absolute atomic E-state index is 12.6. The predicted molar refractivity (Wildman–Crippen MR) is 111 cm³/mol. The normalized spacial score (nSPS) is 15.0. The molecular weight excluding hydrogens is 368 g/mol. The summed E-state index contributed by atoms with van der Waals surface area (Å²) >= 11 is 0. The van der Waals surface area contributed by atoms with Crippen LogP contribution in [0.4, 0.5) is 11.5 Å². The molecule has 29 heavy (non-hydrogen) atoms. The topological polar surface area (TPSA) is 85.2 Å². The first-order valence-electron chi connectivity index (χ1n) is 9.51. The summed E-state index contributed by atoms with van der Waals surface area (Å²) in [6.07, 6.45) is 2.53. The molecule has 7 heteroatoms. The molecule has 1 aromatic heterocycles. The number of aromatic nitrogens is 2. The molecule has 2 heterocycles. The number of rotatable bonds is 6. The van der Waals surface area contributed by atoms with Gasteiger partial charge in [-0.3, -0.25) is 9.59 Å². The van der Waals surface area contributed by atoms with Crippen LogP contribution in [0.3, 0.4) is 0 Å². The van der Waals surface area contributed by atoms with Gasteiger partial charge < -0.3 is 15.4 Å². The van der Waals surface area contributed by atoms with Gasteiger partial charge in [0.25, 0.3) is 5.91 Å². The van der Waals surface area contributed by atoms with Gasteiger partial charge >= 0.3 is 0 Å². The SMILES string of the molecule is CCc1ccccc1NC(=O)CC1C(=O)Nc2c(-c3ccc(OC)cc3)cnn21. The lowest BCUT2D eigenvalue weighted by atomic mass is 10.1. The fourth-order valence-corrected chi connectivity index (χ4v) is 3.52. The van der Waals surface area contributed by atoms with E-state index in [1.54, 1.807) is 18.0 Å². The second kappa shape index (κ2) is 7.79. The zero-order chi connectivity index (χ0) is 20.4. The van der Waals surface area contributed by atoms with Crippen molar-refractivity contribution in [3.63, 3.8) is 0 Å². The number of amides is 2. The van der Waals surface area contributed by atoms with E-state index in [4.69, 9.17) is 4.74 Å². The minimum absolute atomic E-state index is 0.0145. The standard InChI is InChI=1S/C22H22N4O3/c1-3-14-6-4-5-7-18(14)24-20(27)12-19-22(28)25-21-17(13-23-26(19)21)15-8-10-16(29-2)11-9-15/h4-11,13,19H,3,12H2,1-2H3,(H,24,27)(H,25,28). The molecule has 2 N–H and O–H groups in total. The summed E-state index contributed by atoms with van der Waals surface area (Å²) in [5, 5.41) is 10.1. The van der Waals surface area contributed by atoms with Gasteiger partial charge in [0.1, 0.15) is 17.6 Å². The van der Waals surface area contributed by atoms with Crippen LogP contribution in [0.5, 0.6) is 5.75 Å². The number of para-hydroxylation sites is 1. The maximum atomic E-state index is 12.6. The van der Waals surface area contributed by atoms with Crippen LogP contribution < -0.4 is 15.4 Å². The lowest BCUT2D eigenvalue weighted by molar-refractivity contribution is -0.123. The number of methoxy groups -OCH3 is 1. The number of nitrogens with one attached hydrogen (secondary N) is 2. The van der Waals surface area contributed by atoms with Gasteiger partial charge in [0.05, 0.1) is 19.7 Å². The van der Waals surface area contributed by atoms with Crippen LogP contribution in [0.25, 0.3) is 11.1 Å². The van der Waals surface area contributed by atoms with Crippen molar-refractivity contribution < 1.29 is 14.3 Å². The molecule has 2 aromatic carbocycles. The van der Waals surface area contributed by atoms with E-state index in [0.717, 1.165) is 34.5 Å². The van der Waals surface area contributed by atoms with E-state index >= 15 is 0 Å². The van der Waals surface area contributed by atoms with Gasteiger partial charge in [0.15, 0.2) is 0 Å². The second-order valence-electron chi connectivity index (χ2n) is 6.85. The van der Waals surface area contributed by atoms with E-state index in [0.29, 0.717) is 5.82 Å². The number of fused-ring (bicyclic) bond motifs is 1. The summed E-state index contributed by atoms with van der Waals surface area (Å²) in [7, 11) is 1.61. The third-order valence-electron chi connectivity index (χ3n) is 5.09. The molecule has 0 saturated carbocycles. The summed E-state index contributed by atoms with van der Waals surface area (Å²) in [4.78, 5) is 25.1. The van der Waals surface area contributed by atoms with Crippen LogP contribution in [0, 0.1) is 0 Å². The van der Waals surface area contributed by atoms with Gasteiger partial charge in [0.2, 0.25) is 5.91 Å². The Labute approximate surface area is 168 Å². The summed E-state index contributed by atoms with van der Waals surface area (Å²) < 4.78 is 6.78. The maximum Gasteiger partial charge on any atom is 0.251 e. The van der Waals surface area contributed by atoms with Gasteiger partial charge in [-0.2, -0.15) is 5.10 Å². The van der Waals surface area contributed by atoms with E-state index in [9.17, 15) is 9.59 Å². The Hall–Kier alpha value is -3.61. The number of hydrogen-bond donors (Lipinski definition) is 2. The van der Waals surface area contributed by atoms with Crippen molar-refractivity contribution >= 4 is 23.3 Å². The molecule has 0 saturated heterocycles. The highest BCUT2D eigenvalue weighted by molar-refractivity contribution is 6.04. The first-order chi connectivity index (χ1) is 14.1. The molecule has 148 valence electrons. The van der Waals surface area contributed by atoms with E-state index in [-0.39, 0.29) is 18.2 Å². The Morgan fingerprint density at radius 1 is 1.21 bits per heavy atom. The van der Waals surface area contributed by atoms with E-state index in [1.165, 1.54) is 0 Å². The summed E-state index contributed by atoms with van der Waals surface area (Å²) in [6, 6.07) is 14.5. The van der Waals surface area contributed by atoms with Crippen LogP contribution in [-0.2, 0) is 16.0 Å². The van der Waals surface area contributed by atoms with E-state index in [2.05, 4.69) is 15.7 Å². The molecule has 1 atom stereocenters. The zero-order valence-corrected chi connectivity index (χ0v) is 16.3. The monoisotopic (exact) mass is 390 g/mol. The molecule has 1 aliphatic heterocycles. The third kappa shape index (κ3) is 3.59. The van der Waals surface area contributed by atoms with Crippen molar-refractivity contribution in [1.82, 2.24) is 9.78 Å². The molecule has 0 aliphatic carbocycles. The Morgan fingerprint density at radius 3 is 2.69 bits per heavy atom. The van der Waals surface area contributed by atoms with Crippen molar-refractivity contribution in [3.05, 3.63) is 60.3 Å². The van der Waals surface area contributed by atoms with Gasteiger partial charge in [-0.15, -0.1) is 0 Å². The van der Waals surface area contributed by atoms with Crippen LogP contribution in [0.15, 0.2) is 54.7 Å². The number of hydrogen-bond acceptors (Lipinski definition) is 4. The highest BCUT2D eigenvalue weighted by Gasteiger charge is 2.35. The molecule has 0 radical (unpaired) electrons. The number of nitrogens with zero attached hydrogens (tertiary/aromatic N) is 2. The molecule has 0 spiro atoms. The number of ether oxygens (including phenoxy) is 1. The molecule has 7 nitrogen and oxygen atoms in total. The minimum Gasteiger partial charge on any atom is -0.497 e. The average molecular weight is 390 g/mol. The lowest BCUT2D eigenvalue weighted by Crippen LogP contribution is -2.23. The summed E-state index contributed by atoms with van der Waals surface area (Å²) in [5.41, 5.74) is 3.55. The quantitative estimate of drug-likeness (QED) is 0.673. The smallest absolute Gasteiger partial charge is 0.251 e. The third-order valence-corrected chi connectivity index (χ3v) is 5.09. The fourth-order valence-electron chi connectivity index (χ4n) is 3.52. The van der Waals surface area contributed by atoms with Crippen LogP contribution in [0.1, 0.15) is 24.9 Å². The first kappa shape index (κ1) is 18.7. The molecular formula is C22H22N4O3. The molecule has 0 fully saturated rings. The van der Waals surface area contributed by atoms with Crippen molar-refractivity contribution in [2.45, 2.75) is 25.8 Å². The number of aryl methyl sites for hydroxylation is 1. The van der Waals surface area contributed by atoms with Crippen molar-refractivity contribution in [3.8, 4) is 16.9 Å². The molecule has 4 rings (SSSR count). The molecule has 1 aliphatic rings. The van der Waals surface area contributed by atoms with Crippen molar-refractivity contribution in [2.75, 3.05) is 17.7 Å². The van der Waals surface area contributed by atoms with Gasteiger partial charge in [-0.1, -0.05) is 37.3 Å². The van der Waals surface area contributed by atoms with Crippen LogP contribution >= 0.6 is 0 Å². The van der Waals surface area contributed by atoms with Gasteiger partial charge in [-0.25, -0.2) is 4.68 Å². The Morgan fingerprint density at radius 2 is 1.97 bits per heavy atom. The predicted octanol–water partition coefficient (Wildman–Crippen LogP) is 3.64. The summed E-state index contributed by atoms with van der Waals surface area (Å²) in [5.74, 6) is 0.901. The Balaban J connectivity index is 1.53. The van der Waals surface area contributed by atoms with Gasteiger partial charge in [-0.05, 0) is 35.7 Å². The molecule has 3 aromatic rings. The number of carbonyl (C=O) groups excluding carboxylic acids is 2. The largest absolute Gasteiger partial charge is 0.497 e. The first-order valence-corrected chi connectivity index (χ1v) is 9.51. The number of anilines is 2. The summed E-state index contributed by atoms with van der Waals surface area (Å²) in [6.45, 7) is 2.03. The lowest BCUT2D eigenvalue weighted by Gasteiger charge is -2.12. The average Bonchev–Trinajstić information content (AvgIpc) is 3.28. The number of benzene rings is 2. The molecule has 1 unspecified atom stereocenters. The molecule has 0 bridgehead atoms. The zero-order valence-electron chi connectivity index (χ0n) is 16.3. The second-order valence-corrected chi connectivity index (χ2v) is 6.85. The molecule has 2 amide bonds. The Kier molecular flexibility index (Phi) is 5.03. The van der Waals surface area contributed by atoms with E-state index in [1.807, 2.05) is 55.5 Å². The fraction of sp³-hybridized carbons (Fsp3) is 0.227.